The highest BCUT2D eigenvalue weighted by Gasteiger charge is 2.47. The van der Waals surface area contributed by atoms with Crippen LogP contribution in [-0.4, -0.2) is 54.7 Å². The van der Waals surface area contributed by atoms with Gasteiger partial charge in [-0.25, -0.2) is 0 Å². The molecular formula is C34H46ClN3O3S. The highest BCUT2D eigenvalue weighted by molar-refractivity contribution is 7.98. The van der Waals surface area contributed by atoms with E-state index in [2.05, 4.69) is 47.8 Å². The van der Waals surface area contributed by atoms with E-state index in [4.69, 9.17) is 16.3 Å². The Kier molecular flexibility index (Phi) is 8.51. The van der Waals surface area contributed by atoms with E-state index >= 15 is 0 Å². The van der Waals surface area contributed by atoms with Crippen LogP contribution in [0.3, 0.4) is 0 Å². The summed E-state index contributed by atoms with van der Waals surface area (Å²) in [6.07, 6.45) is 6.98. The molecule has 1 fully saturated rings. The van der Waals surface area contributed by atoms with Gasteiger partial charge < -0.3 is 20.1 Å². The highest BCUT2D eigenvalue weighted by Crippen LogP contribution is 2.49. The van der Waals surface area contributed by atoms with E-state index < -0.39 is 5.60 Å². The van der Waals surface area contributed by atoms with Crippen LogP contribution in [0.4, 0.5) is 5.69 Å². The molecule has 2 aromatic rings. The van der Waals surface area contributed by atoms with Crippen molar-refractivity contribution in [3.05, 3.63) is 58.1 Å². The number of nitrogens with one attached hydrogen (secondary N) is 2. The number of hydrogen-bond donors (Lipinski definition) is 3. The van der Waals surface area contributed by atoms with Crippen LogP contribution in [0.1, 0.15) is 80.8 Å². The standard InChI is InChI=1S/C34H46ClN3O3S/c1-21-14-27(36-4)17-33(3,40)28-10-7-25(28)18-38-19-34(13-5-6-23-15-26(35)9-11-29(23)34)20-41-31-12-8-24(16-30(31)38)32(39)37-42-22(21)2/h8-9,11-12,15-16,21-22,25,27-28,36,40H,5-7,10,13-14,17-20H2,1-4H3,(H,37,39)/t21-,22+,25-,27-,28+,33+,34-/m0/s1. The minimum absolute atomic E-state index is 0.0693. The summed E-state index contributed by atoms with van der Waals surface area (Å²) in [7, 11) is 2.00. The number of ether oxygens (including phenoxy) is 1. The molecule has 7 atom stereocenters. The van der Waals surface area contributed by atoms with Gasteiger partial charge in [-0.1, -0.05) is 31.5 Å². The van der Waals surface area contributed by atoms with Crippen LogP contribution in [0.15, 0.2) is 36.4 Å². The zero-order valence-electron chi connectivity index (χ0n) is 25.4. The first-order chi connectivity index (χ1) is 20.1. The summed E-state index contributed by atoms with van der Waals surface area (Å²) in [5.41, 5.74) is 3.37. The predicted octanol–water partition coefficient (Wildman–Crippen LogP) is 6.37. The first-order valence-corrected chi connectivity index (χ1v) is 17.0. The average molecular weight is 612 g/mol. The summed E-state index contributed by atoms with van der Waals surface area (Å²) in [5.74, 6) is 1.73. The number of carbonyl (C=O) groups excluding carboxylic acids is 1. The Labute approximate surface area is 260 Å². The lowest BCUT2D eigenvalue weighted by Crippen LogP contribution is -2.53. The number of fused-ring (bicyclic) bond motifs is 4. The van der Waals surface area contributed by atoms with E-state index in [0.717, 1.165) is 74.5 Å². The Hall–Kier alpha value is -1.93. The molecule has 2 aromatic carbocycles. The minimum atomic E-state index is -0.753. The molecule has 2 aliphatic heterocycles. The monoisotopic (exact) mass is 611 g/mol. The predicted molar refractivity (Wildman–Crippen MR) is 173 cm³/mol. The summed E-state index contributed by atoms with van der Waals surface area (Å²) >= 11 is 7.93. The molecular weight excluding hydrogens is 566 g/mol. The van der Waals surface area contributed by atoms with Crippen molar-refractivity contribution in [3.8, 4) is 5.75 Å². The van der Waals surface area contributed by atoms with Crippen molar-refractivity contribution >= 4 is 35.1 Å². The summed E-state index contributed by atoms with van der Waals surface area (Å²) in [6, 6.07) is 12.5. The molecule has 1 saturated carbocycles. The quantitative estimate of drug-likeness (QED) is 0.325. The lowest BCUT2D eigenvalue weighted by molar-refractivity contribution is -0.0790. The number of rotatable bonds is 1. The van der Waals surface area contributed by atoms with Crippen LogP contribution in [0.25, 0.3) is 0 Å². The number of aryl methyl sites for hydroxylation is 1. The SMILES string of the molecule is CN[C@H]1C[C@H](C)[C@@H](C)SNC(=O)c2ccc3c(c2)N(C[C@@H]2CC[C@H]2[C@](C)(O)C1)C[C@@]1(CCCc2cc(Cl)ccc21)CO3. The number of amides is 1. The maximum Gasteiger partial charge on any atom is 0.261 e. The first-order valence-electron chi connectivity index (χ1n) is 15.7. The lowest BCUT2D eigenvalue weighted by Gasteiger charge is -2.49. The fourth-order valence-corrected chi connectivity index (χ4v) is 9.01. The van der Waals surface area contributed by atoms with Gasteiger partial charge in [-0.05, 0) is 130 Å². The van der Waals surface area contributed by atoms with Crippen molar-refractivity contribution in [3.63, 3.8) is 0 Å². The average Bonchev–Trinajstić information content (AvgIpc) is 3.09. The zero-order valence-corrected chi connectivity index (χ0v) is 27.0. The van der Waals surface area contributed by atoms with E-state index in [-0.39, 0.29) is 28.5 Å². The number of nitrogens with zero attached hydrogens (tertiary/aromatic N) is 1. The smallest absolute Gasteiger partial charge is 0.261 e. The van der Waals surface area contributed by atoms with Gasteiger partial charge in [0.1, 0.15) is 5.75 Å². The van der Waals surface area contributed by atoms with Crippen molar-refractivity contribution in [2.75, 3.05) is 31.6 Å². The molecule has 6 nitrogen and oxygen atoms in total. The molecule has 0 radical (unpaired) electrons. The molecule has 42 heavy (non-hydrogen) atoms. The molecule has 1 spiro atoms. The number of aliphatic hydroxyl groups is 1. The molecule has 228 valence electrons. The fraction of sp³-hybridized carbons (Fsp3) is 0.618. The van der Waals surface area contributed by atoms with Gasteiger partial charge >= 0.3 is 0 Å². The topological polar surface area (TPSA) is 73.8 Å². The van der Waals surface area contributed by atoms with Crippen LogP contribution >= 0.6 is 23.5 Å². The Bertz CT molecular complexity index is 1320. The van der Waals surface area contributed by atoms with Crippen molar-refractivity contribution < 1.29 is 14.6 Å². The largest absolute Gasteiger partial charge is 0.490 e. The summed E-state index contributed by atoms with van der Waals surface area (Å²) < 4.78 is 9.77. The van der Waals surface area contributed by atoms with Crippen LogP contribution in [0, 0.1) is 17.8 Å². The molecule has 0 unspecified atom stereocenters. The molecule has 2 aliphatic carbocycles. The van der Waals surface area contributed by atoms with Gasteiger partial charge in [-0.3, -0.25) is 9.52 Å². The molecule has 4 aliphatic rings. The lowest BCUT2D eigenvalue weighted by atomic mass is 9.63. The van der Waals surface area contributed by atoms with Crippen LogP contribution in [0.5, 0.6) is 5.75 Å². The van der Waals surface area contributed by atoms with E-state index in [1.54, 1.807) is 0 Å². The number of carbonyl (C=O) groups is 1. The highest BCUT2D eigenvalue weighted by atomic mass is 35.5. The van der Waals surface area contributed by atoms with Gasteiger partial charge in [-0.2, -0.15) is 0 Å². The molecule has 1 amide bonds. The third kappa shape index (κ3) is 5.79. The van der Waals surface area contributed by atoms with Crippen LogP contribution in [-0.2, 0) is 11.8 Å². The number of benzene rings is 2. The van der Waals surface area contributed by atoms with Gasteiger partial charge in [0.25, 0.3) is 5.91 Å². The molecule has 3 N–H and O–H groups in total. The number of hydrogen-bond acceptors (Lipinski definition) is 6. The third-order valence-electron chi connectivity index (χ3n) is 10.8. The first kappa shape index (κ1) is 30.1. The van der Waals surface area contributed by atoms with Gasteiger partial charge in [0.15, 0.2) is 0 Å². The van der Waals surface area contributed by atoms with Gasteiger partial charge in [0, 0.05) is 40.4 Å². The van der Waals surface area contributed by atoms with E-state index in [1.807, 2.05) is 31.3 Å². The number of anilines is 1. The van der Waals surface area contributed by atoms with Crippen LogP contribution in [0.2, 0.25) is 5.02 Å². The molecule has 0 aromatic heterocycles. The molecule has 6 rings (SSSR count). The Morgan fingerprint density at radius 2 is 2.02 bits per heavy atom. The minimum Gasteiger partial charge on any atom is -0.490 e. The van der Waals surface area contributed by atoms with E-state index in [0.29, 0.717) is 24.0 Å². The Balaban J connectivity index is 1.40. The van der Waals surface area contributed by atoms with Crippen molar-refractivity contribution in [1.29, 1.82) is 0 Å². The van der Waals surface area contributed by atoms with Crippen molar-refractivity contribution in [2.24, 2.45) is 17.8 Å². The van der Waals surface area contributed by atoms with Gasteiger partial charge in [0.05, 0.1) is 17.9 Å². The Morgan fingerprint density at radius 1 is 1.19 bits per heavy atom. The molecule has 0 saturated heterocycles. The molecule has 2 heterocycles. The third-order valence-corrected chi connectivity index (χ3v) is 12.2. The second kappa shape index (κ2) is 11.9. The summed E-state index contributed by atoms with van der Waals surface area (Å²) in [6.45, 7) is 8.71. The van der Waals surface area contributed by atoms with Gasteiger partial charge in [-0.15, -0.1) is 0 Å². The second-order valence-electron chi connectivity index (χ2n) is 13.7. The molecule has 2 bridgehead atoms. The van der Waals surface area contributed by atoms with Crippen molar-refractivity contribution in [2.45, 2.75) is 88.0 Å². The maximum atomic E-state index is 13.4. The van der Waals surface area contributed by atoms with E-state index in [9.17, 15) is 9.90 Å². The zero-order chi connectivity index (χ0) is 29.6. The van der Waals surface area contributed by atoms with E-state index in [1.165, 1.54) is 23.1 Å². The maximum absolute atomic E-state index is 13.4. The van der Waals surface area contributed by atoms with Crippen molar-refractivity contribution in [1.82, 2.24) is 10.0 Å². The fourth-order valence-electron chi connectivity index (χ4n) is 8.06. The Morgan fingerprint density at radius 3 is 2.79 bits per heavy atom. The normalized spacial score (nSPS) is 35.2. The van der Waals surface area contributed by atoms with Crippen LogP contribution < -0.4 is 19.7 Å². The second-order valence-corrected chi connectivity index (χ2v) is 15.4. The molecule has 8 heteroatoms. The van der Waals surface area contributed by atoms with Gasteiger partial charge in [0.2, 0.25) is 0 Å². The summed E-state index contributed by atoms with van der Waals surface area (Å²) in [5, 5.41) is 16.4. The number of halogens is 1. The summed E-state index contributed by atoms with van der Waals surface area (Å²) in [4.78, 5) is 15.9.